The molecule has 0 radical (unpaired) electrons. The Hall–Kier alpha value is -1.83. The van der Waals surface area contributed by atoms with Gasteiger partial charge in [0.25, 0.3) is 5.91 Å². The van der Waals surface area contributed by atoms with Crippen molar-refractivity contribution in [2.24, 2.45) is 4.99 Å². The molecule has 5 nitrogen and oxygen atoms in total. The average molecular weight is 421 g/mol. The van der Waals surface area contributed by atoms with Crippen molar-refractivity contribution in [2.75, 3.05) is 16.4 Å². The van der Waals surface area contributed by atoms with Crippen LogP contribution in [0.4, 0.5) is 5.69 Å². The second-order valence-corrected chi connectivity index (χ2v) is 10.3. The average Bonchev–Trinajstić information content (AvgIpc) is 3.08. The summed E-state index contributed by atoms with van der Waals surface area (Å²) in [6.07, 6.45) is 0.111. The number of sulfone groups is 1. The first-order valence-electron chi connectivity index (χ1n) is 8.49. The predicted molar refractivity (Wildman–Crippen MR) is 110 cm³/mol. The van der Waals surface area contributed by atoms with Crippen LogP contribution in [0.5, 0.6) is 0 Å². The summed E-state index contributed by atoms with van der Waals surface area (Å²) in [5.41, 5.74) is 1.57. The SMILES string of the molecule is O=C(Cc1ccccc1Cl)N=C1S[C@@H]2CS(=O)(=O)C[C@H]2N1c1ccccc1. The second kappa shape index (κ2) is 7.30. The van der Waals surface area contributed by atoms with Gasteiger partial charge < -0.3 is 4.90 Å². The minimum absolute atomic E-state index is 0.0806. The van der Waals surface area contributed by atoms with Crippen molar-refractivity contribution in [2.45, 2.75) is 17.7 Å². The normalized spacial score (nSPS) is 24.9. The number of carbonyl (C=O) groups excluding carboxylic acids is 1. The van der Waals surface area contributed by atoms with Crippen molar-refractivity contribution >= 4 is 50.0 Å². The molecule has 1 amide bonds. The Morgan fingerprint density at radius 2 is 1.81 bits per heavy atom. The quantitative estimate of drug-likeness (QED) is 0.762. The molecule has 140 valence electrons. The molecule has 27 heavy (non-hydrogen) atoms. The lowest BCUT2D eigenvalue weighted by molar-refractivity contribution is -0.117. The number of para-hydroxylation sites is 1. The number of halogens is 1. The highest BCUT2D eigenvalue weighted by atomic mass is 35.5. The van der Waals surface area contributed by atoms with E-state index in [1.807, 2.05) is 47.4 Å². The van der Waals surface area contributed by atoms with Crippen LogP contribution in [0.15, 0.2) is 59.6 Å². The molecule has 2 aliphatic rings. The zero-order chi connectivity index (χ0) is 19.0. The number of amides is 1. The van der Waals surface area contributed by atoms with Crippen LogP contribution in [-0.4, -0.2) is 42.3 Å². The molecule has 2 aliphatic heterocycles. The minimum Gasteiger partial charge on any atom is -0.316 e. The maximum atomic E-state index is 12.5. The van der Waals surface area contributed by atoms with Crippen LogP contribution in [0.3, 0.4) is 0 Å². The van der Waals surface area contributed by atoms with E-state index in [0.717, 1.165) is 11.3 Å². The van der Waals surface area contributed by atoms with Crippen LogP contribution < -0.4 is 4.90 Å². The van der Waals surface area contributed by atoms with Crippen molar-refractivity contribution in [3.8, 4) is 0 Å². The monoisotopic (exact) mass is 420 g/mol. The Morgan fingerprint density at radius 3 is 2.56 bits per heavy atom. The van der Waals surface area contributed by atoms with E-state index in [1.165, 1.54) is 11.8 Å². The minimum atomic E-state index is -3.07. The molecule has 8 heteroatoms. The van der Waals surface area contributed by atoms with E-state index in [2.05, 4.69) is 4.99 Å². The molecular weight excluding hydrogens is 404 g/mol. The number of amidine groups is 1. The van der Waals surface area contributed by atoms with Crippen molar-refractivity contribution in [1.82, 2.24) is 0 Å². The predicted octanol–water partition coefficient (Wildman–Crippen LogP) is 3.18. The van der Waals surface area contributed by atoms with Crippen molar-refractivity contribution < 1.29 is 13.2 Å². The lowest BCUT2D eigenvalue weighted by Gasteiger charge is -2.24. The van der Waals surface area contributed by atoms with Crippen molar-refractivity contribution in [3.05, 3.63) is 65.2 Å². The largest absolute Gasteiger partial charge is 0.316 e. The fourth-order valence-corrected chi connectivity index (χ4v) is 7.54. The van der Waals surface area contributed by atoms with Crippen molar-refractivity contribution in [3.63, 3.8) is 0 Å². The van der Waals surface area contributed by atoms with Crippen LogP contribution in [0.1, 0.15) is 5.56 Å². The molecule has 0 unspecified atom stereocenters. The topological polar surface area (TPSA) is 66.8 Å². The fourth-order valence-electron chi connectivity index (χ4n) is 3.41. The highest BCUT2D eigenvalue weighted by Gasteiger charge is 2.49. The van der Waals surface area contributed by atoms with E-state index in [-0.39, 0.29) is 35.1 Å². The zero-order valence-electron chi connectivity index (χ0n) is 14.3. The van der Waals surface area contributed by atoms with Crippen molar-refractivity contribution in [1.29, 1.82) is 0 Å². The van der Waals surface area contributed by atoms with Gasteiger partial charge >= 0.3 is 0 Å². The molecule has 0 N–H and O–H groups in total. The van der Waals surface area contributed by atoms with E-state index in [4.69, 9.17) is 11.6 Å². The maximum Gasteiger partial charge on any atom is 0.252 e. The molecule has 2 heterocycles. The van der Waals surface area contributed by atoms with E-state index in [1.54, 1.807) is 12.1 Å². The van der Waals surface area contributed by atoms with Gasteiger partial charge in [0.1, 0.15) is 0 Å². The van der Waals surface area contributed by atoms with Gasteiger partial charge in [0.2, 0.25) is 0 Å². The summed E-state index contributed by atoms with van der Waals surface area (Å²) in [4.78, 5) is 18.7. The number of benzene rings is 2. The van der Waals surface area contributed by atoms with E-state index >= 15 is 0 Å². The molecule has 0 aliphatic carbocycles. The van der Waals surface area contributed by atoms with Gasteiger partial charge in [0.15, 0.2) is 15.0 Å². The number of hydrogen-bond donors (Lipinski definition) is 0. The van der Waals surface area contributed by atoms with Gasteiger partial charge in [0.05, 0.1) is 24.0 Å². The van der Waals surface area contributed by atoms with E-state index in [9.17, 15) is 13.2 Å². The number of rotatable bonds is 3. The molecule has 4 rings (SSSR count). The lowest BCUT2D eigenvalue weighted by Crippen LogP contribution is -2.37. The highest BCUT2D eigenvalue weighted by molar-refractivity contribution is 8.16. The van der Waals surface area contributed by atoms with Gasteiger partial charge in [-0.15, -0.1) is 0 Å². The number of aliphatic imine (C=N–C) groups is 1. The summed E-state index contributed by atoms with van der Waals surface area (Å²) in [6, 6.07) is 16.5. The molecule has 0 spiro atoms. The number of fused-ring (bicyclic) bond motifs is 1. The number of nitrogens with zero attached hydrogens (tertiary/aromatic N) is 2. The fraction of sp³-hybridized carbons (Fsp3) is 0.263. The Labute approximate surface area is 167 Å². The molecule has 2 aromatic rings. The highest BCUT2D eigenvalue weighted by Crippen LogP contribution is 2.40. The molecule has 2 saturated heterocycles. The van der Waals surface area contributed by atoms with Crippen LogP contribution in [0.25, 0.3) is 0 Å². The summed E-state index contributed by atoms with van der Waals surface area (Å²) in [7, 11) is -3.07. The van der Waals surface area contributed by atoms with Crippen LogP contribution in [-0.2, 0) is 21.1 Å². The number of anilines is 1. The van der Waals surface area contributed by atoms with Gasteiger partial charge in [-0.05, 0) is 23.8 Å². The van der Waals surface area contributed by atoms with Gasteiger partial charge in [-0.1, -0.05) is 59.8 Å². The Kier molecular flexibility index (Phi) is 5.01. The summed E-state index contributed by atoms with van der Waals surface area (Å²) in [6.45, 7) is 0. The maximum absolute atomic E-state index is 12.5. The molecule has 0 aromatic heterocycles. The Bertz CT molecular complexity index is 1010. The number of hydrogen-bond acceptors (Lipinski definition) is 4. The van der Waals surface area contributed by atoms with Crippen LogP contribution in [0.2, 0.25) is 5.02 Å². The third-order valence-electron chi connectivity index (χ3n) is 4.62. The van der Waals surface area contributed by atoms with Gasteiger partial charge in [-0.2, -0.15) is 4.99 Å². The number of carbonyl (C=O) groups is 1. The third kappa shape index (κ3) is 3.90. The first-order chi connectivity index (χ1) is 12.9. The molecule has 2 aromatic carbocycles. The molecule has 0 saturated carbocycles. The van der Waals surface area contributed by atoms with E-state index in [0.29, 0.717) is 10.2 Å². The second-order valence-electron chi connectivity index (χ2n) is 6.56. The van der Waals surface area contributed by atoms with Gasteiger partial charge in [-0.3, -0.25) is 4.79 Å². The summed E-state index contributed by atoms with van der Waals surface area (Å²) in [5.74, 6) is -0.102. The van der Waals surface area contributed by atoms with Crippen LogP contribution in [0, 0.1) is 0 Å². The molecule has 0 bridgehead atoms. The Balaban J connectivity index is 1.64. The molecule has 2 fully saturated rings. The smallest absolute Gasteiger partial charge is 0.252 e. The first-order valence-corrected chi connectivity index (χ1v) is 11.6. The summed E-state index contributed by atoms with van der Waals surface area (Å²) in [5, 5.41) is 0.984. The Morgan fingerprint density at radius 1 is 1.11 bits per heavy atom. The molecular formula is C19H17ClN2O3S2. The summed E-state index contributed by atoms with van der Waals surface area (Å²) < 4.78 is 24.1. The van der Waals surface area contributed by atoms with Crippen LogP contribution >= 0.6 is 23.4 Å². The lowest BCUT2D eigenvalue weighted by atomic mass is 10.1. The number of thioether (sulfide) groups is 1. The molecule has 2 atom stereocenters. The van der Waals surface area contributed by atoms with Gasteiger partial charge in [-0.25, -0.2) is 8.42 Å². The van der Waals surface area contributed by atoms with Gasteiger partial charge in [0, 0.05) is 16.0 Å². The first kappa shape index (κ1) is 18.5. The summed E-state index contributed by atoms with van der Waals surface area (Å²) >= 11 is 7.51. The third-order valence-corrected chi connectivity index (χ3v) is 8.20. The standard InChI is InChI=1S/C19H17ClN2O3S2/c20-15-9-5-4-6-13(15)10-18(23)21-19-22(14-7-2-1-3-8-14)16-11-27(24,25)12-17(16)26-19/h1-9,16-17H,10-12H2/t16-,17-/m1/s1. The zero-order valence-corrected chi connectivity index (χ0v) is 16.7. The van der Waals surface area contributed by atoms with E-state index < -0.39 is 9.84 Å².